The molecule has 184 valence electrons. The van der Waals surface area contributed by atoms with Gasteiger partial charge >= 0.3 is 5.24 Å². The van der Waals surface area contributed by atoms with E-state index in [2.05, 4.69) is 41.8 Å². The number of H-pyrrole nitrogens is 1. The Morgan fingerprint density at radius 3 is 2.61 bits per heavy atom. The highest BCUT2D eigenvalue weighted by Gasteiger charge is 2.17. The molecule has 10 nitrogen and oxygen atoms in total. The molecule has 2 amide bonds. The number of amides is 2. The third-order valence-electron chi connectivity index (χ3n) is 6.02. The van der Waals surface area contributed by atoms with Crippen molar-refractivity contribution in [1.82, 2.24) is 25.1 Å². The van der Waals surface area contributed by atoms with Crippen LogP contribution in [0, 0.1) is 0 Å². The zero-order chi connectivity index (χ0) is 25.1. The van der Waals surface area contributed by atoms with Crippen molar-refractivity contribution in [3.05, 3.63) is 66.2 Å². The minimum atomic E-state index is -1.66. The lowest BCUT2D eigenvalue weighted by molar-refractivity contribution is 0.102. The molecule has 5 rings (SSSR count). The van der Waals surface area contributed by atoms with Crippen molar-refractivity contribution in [2.24, 2.45) is 0 Å². The summed E-state index contributed by atoms with van der Waals surface area (Å²) in [5, 5.41) is 12.4. The molecule has 11 heteroatoms. The predicted octanol–water partition coefficient (Wildman–Crippen LogP) is 3.78. The van der Waals surface area contributed by atoms with Crippen LogP contribution in [0.5, 0.6) is 0 Å². The second-order valence-electron chi connectivity index (χ2n) is 8.65. The van der Waals surface area contributed by atoms with Gasteiger partial charge in [0.25, 0.3) is 5.91 Å². The number of hydrogen-bond donors (Lipinski definition) is 3. The van der Waals surface area contributed by atoms with Crippen LogP contribution in [0.3, 0.4) is 0 Å². The van der Waals surface area contributed by atoms with Gasteiger partial charge in [0, 0.05) is 36.1 Å². The van der Waals surface area contributed by atoms with E-state index in [0.29, 0.717) is 11.1 Å². The number of carbonyl (C=O) groups is 2. The Morgan fingerprint density at radius 2 is 1.86 bits per heavy atom. The van der Waals surface area contributed by atoms with Gasteiger partial charge in [-0.1, -0.05) is 6.07 Å². The smallest absolute Gasteiger partial charge is 0.314 e. The molecule has 0 radical (unpaired) electrons. The number of hydrogen-bond acceptors (Lipinski definition) is 7. The number of benzene rings is 1. The Balaban J connectivity index is 1.33. The molecule has 1 aromatic carbocycles. The van der Waals surface area contributed by atoms with Gasteiger partial charge in [-0.05, 0) is 67.4 Å². The molecule has 1 aliphatic heterocycles. The normalized spacial score (nSPS) is 14.6. The average Bonchev–Trinajstić information content (AvgIpc) is 3.55. The van der Waals surface area contributed by atoms with Crippen LogP contribution in [-0.2, 0) is 17.3 Å². The second kappa shape index (κ2) is 10.3. The van der Waals surface area contributed by atoms with E-state index >= 15 is 0 Å². The van der Waals surface area contributed by atoms with Gasteiger partial charge in [0.05, 0.1) is 17.4 Å². The number of nitrogens with one attached hydrogen (secondary N) is 3. The van der Waals surface area contributed by atoms with Crippen molar-refractivity contribution in [2.75, 3.05) is 30.0 Å². The van der Waals surface area contributed by atoms with E-state index in [-0.39, 0.29) is 11.5 Å². The molecule has 4 heterocycles. The first-order valence-electron chi connectivity index (χ1n) is 11.5. The Hall–Kier alpha value is -3.96. The molecular weight excluding hydrogens is 478 g/mol. The summed E-state index contributed by atoms with van der Waals surface area (Å²) in [6.45, 7) is 3.13. The second-order valence-corrected chi connectivity index (χ2v) is 9.93. The SMILES string of the molecule is CS(=O)C(=O)Nc1ccc(NC(=O)c2n[nH]c3ccc(-c4cncc(CN5CCCC5)c4)cc23)cn1. The summed E-state index contributed by atoms with van der Waals surface area (Å²) in [6, 6.07) is 11.1. The predicted molar refractivity (Wildman–Crippen MR) is 139 cm³/mol. The maximum atomic E-state index is 13.0. The summed E-state index contributed by atoms with van der Waals surface area (Å²) in [4.78, 5) is 35.5. The maximum Gasteiger partial charge on any atom is 0.314 e. The zero-order valence-electron chi connectivity index (χ0n) is 19.7. The van der Waals surface area contributed by atoms with E-state index < -0.39 is 21.9 Å². The first-order chi connectivity index (χ1) is 17.5. The van der Waals surface area contributed by atoms with Gasteiger partial charge in [-0.3, -0.25) is 29.9 Å². The molecule has 1 aliphatic rings. The molecule has 1 fully saturated rings. The third-order valence-corrected chi connectivity index (χ3v) is 6.65. The first-order valence-corrected chi connectivity index (χ1v) is 13.1. The summed E-state index contributed by atoms with van der Waals surface area (Å²) < 4.78 is 11.2. The van der Waals surface area contributed by atoms with Gasteiger partial charge in [0.1, 0.15) is 16.6 Å². The van der Waals surface area contributed by atoms with Crippen molar-refractivity contribution < 1.29 is 13.8 Å². The van der Waals surface area contributed by atoms with Gasteiger partial charge in [-0.2, -0.15) is 5.10 Å². The first kappa shape index (κ1) is 23.8. The number of nitrogens with zero attached hydrogens (tertiary/aromatic N) is 4. The number of pyridine rings is 2. The standard InChI is InChI=1S/C25H25N7O3S/c1-36(35)25(34)29-22-7-5-19(14-27-22)28-24(33)23-20-11-17(4-6-21(20)30-31-23)18-10-16(12-26-13-18)15-32-8-2-3-9-32/h4-7,10-14H,2-3,8-9,15H2,1H3,(H,28,33)(H,30,31)(H,27,29,34). The van der Waals surface area contributed by atoms with E-state index in [0.717, 1.165) is 41.8 Å². The lowest BCUT2D eigenvalue weighted by Gasteiger charge is -2.14. The fourth-order valence-corrected chi connectivity index (χ4v) is 4.45. The molecule has 36 heavy (non-hydrogen) atoms. The number of anilines is 2. The van der Waals surface area contributed by atoms with Gasteiger partial charge in [0.15, 0.2) is 5.69 Å². The van der Waals surface area contributed by atoms with Crippen molar-refractivity contribution >= 4 is 44.4 Å². The fraction of sp³-hybridized carbons (Fsp3) is 0.240. The highest BCUT2D eigenvalue weighted by atomic mass is 32.2. The van der Waals surface area contributed by atoms with Gasteiger partial charge in [0.2, 0.25) is 0 Å². The minimum Gasteiger partial charge on any atom is -0.319 e. The summed E-state index contributed by atoms with van der Waals surface area (Å²) in [7, 11) is -1.66. The van der Waals surface area contributed by atoms with E-state index in [1.54, 1.807) is 6.07 Å². The topological polar surface area (TPSA) is 133 Å². The van der Waals surface area contributed by atoms with Crippen LogP contribution >= 0.6 is 0 Å². The number of carbonyl (C=O) groups excluding carboxylic acids is 2. The summed E-state index contributed by atoms with van der Waals surface area (Å²) in [5.74, 6) is -0.156. The highest BCUT2D eigenvalue weighted by Crippen LogP contribution is 2.27. The number of likely N-dealkylation sites (tertiary alicyclic amines) is 1. The Bertz CT molecular complexity index is 1450. The lowest BCUT2D eigenvalue weighted by Crippen LogP contribution is -2.18. The van der Waals surface area contributed by atoms with Crippen LogP contribution in [0.2, 0.25) is 0 Å². The number of aromatic nitrogens is 4. The monoisotopic (exact) mass is 503 g/mol. The molecule has 0 spiro atoms. The van der Waals surface area contributed by atoms with E-state index in [1.165, 1.54) is 31.4 Å². The number of aromatic amines is 1. The van der Waals surface area contributed by atoms with E-state index in [9.17, 15) is 13.8 Å². The summed E-state index contributed by atoms with van der Waals surface area (Å²) >= 11 is 0. The maximum absolute atomic E-state index is 13.0. The molecule has 1 saturated heterocycles. The van der Waals surface area contributed by atoms with Crippen LogP contribution in [0.25, 0.3) is 22.0 Å². The molecule has 3 aromatic heterocycles. The van der Waals surface area contributed by atoms with Gasteiger partial charge in [-0.15, -0.1) is 0 Å². The van der Waals surface area contributed by atoms with Crippen molar-refractivity contribution in [1.29, 1.82) is 0 Å². The van der Waals surface area contributed by atoms with Crippen molar-refractivity contribution in [3.8, 4) is 11.1 Å². The Labute approximate surface area is 210 Å². The van der Waals surface area contributed by atoms with Crippen molar-refractivity contribution in [2.45, 2.75) is 19.4 Å². The van der Waals surface area contributed by atoms with Gasteiger partial charge < -0.3 is 5.32 Å². The number of rotatable bonds is 6. The van der Waals surface area contributed by atoms with E-state index in [1.807, 2.05) is 30.6 Å². The van der Waals surface area contributed by atoms with Crippen molar-refractivity contribution in [3.63, 3.8) is 0 Å². The average molecular weight is 504 g/mol. The third kappa shape index (κ3) is 5.31. The minimum absolute atomic E-state index is 0.239. The molecule has 3 N–H and O–H groups in total. The van der Waals surface area contributed by atoms with Crippen LogP contribution in [0.4, 0.5) is 16.3 Å². The van der Waals surface area contributed by atoms with Gasteiger partial charge in [-0.25, -0.2) is 9.19 Å². The lowest BCUT2D eigenvalue weighted by atomic mass is 10.0. The van der Waals surface area contributed by atoms with Crippen LogP contribution in [-0.4, -0.2) is 59.8 Å². The molecule has 0 aliphatic carbocycles. The number of fused-ring (bicyclic) bond motifs is 1. The Morgan fingerprint density at radius 1 is 1.03 bits per heavy atom. The quantitative estimate of drug-likeness (QED) is 0.365. The zero-order valence-corrected chi connectivity index (χ0v) is 20.5. The molecule has 4 aromatic rings. The summed E-state index contributed by atoms with van der Waals surface area (Å²) in [6.07, 6.45) is 8.91. The Kier molecular flexibility index (Phi) is 6.83. The molecular formula is C25H25N7O3S. The molecule has 0 saturated carbocycles. The van der Waals surface area contributed by atoms with Crippen LogP contribution in [0.15, 0.2) is 55.0 Å². The highest BCUT2D eigenvalue weighted by molar-refractivity contribution is 7.99. The fourth-order valence-electron chi connectivity index (χ4n) is 4.21. The molecule has 1 atom stereocenters. The molecule has 0 bridgehead atoms. The molecule has 1 unspecified atom stereocenters. The summed E-state index contributed by atoms with van der Waals surface area (Å²) in [5.41, 5.74) is 4.53. The van der Waals surface area contributed by atoms with E-state index in [4.69, 9.17) is 0 Å². The van der Waals surface area contributed by atoms with Crippen LogP contribution < -0.4 is 10.6 Å². The van der Waals surface area contributed by atoms with Crippen LogP contribution in [0.1, 0.15) is 28.9 Å². The largest absolute Gasteiger partial charge is 0.319 e.